The highest BCUT2D eigenvalue weighted by atomic mass is 32.2. The molecule has 0 bridgehead atoms. The topological polar surface area (TPSA) is 99.0 Å². The largest absolute Gasteiger partial charge is 0.441 e. The van der Waals surface area contributed by atoms with Crippen molar-refractivity contribution in [1.82, 2.24) is 4.90 Å². The lowest BCUT2D eigenvalue weighted by Crippen LogP contribution is -2.20. The van der Waals surface area contributed by atoms with Crippen LogP contribution < -0.4 is 0 Å². The highest BCUT2D eigenvalue weighted by Crippen LogP contribution is 2.23. The van der Waals surface area contributed by atoms with Gasteiger partial charge in [-0.3, -0.25) is 19.8 Å². The number of amides is 1. The predicted octanol–water partition coefficient (Wildman–Crippen LogP) is 2.54. The van der Waals surface area contributed by atoms with E-state index in [-0.39, 0.29) is 18.1 Å². The zero-order valence-electron chi connectivity index (χ0n) is 12.2. The molecular formula is C14H14N2O6S. The molecule has 8 nitrogen and oxygen atoms in total. The molecule has 1 aliphatic heterocycles. The zero-order valence-corrected chi connectivity index (χ0v) is 13.0. The van der Waals surface area contributed by atoms with Gasteiger partial charge in [-0.1, -0.05) is 0 Å². The Balaban J connectivity index is 1.77. The minimum absolute atomic E-state index is 0.00646. The van der Waals surface area contributed by atoms with Crippen LogP contribution in [0, 0.1) is 10.1 Å². The Labute approximate surface area is 136 Å². The van der Waals surface area contributed by atoms with Crippen LogP contribution in [0.1, 0.15) is 6.92 Å². The Morgan fingerprint density at radius 3 is 2.83 bits per heavy atom. The Morgan fingerprint density at radius 1 is 1.52 bits per heavy atom. The minimum Gasteiger partial charge on any atom is -0.441 e. The van der Waals surface area contributed by atoms with Gasteiger partial charge in [-0.15, -0.1) is 0 Å². The van der Waals surface area contributed by atoms with E-state index < -0.39 is 17.1 Å². The van der Waals surface area contributed by atoms with Gasteiger partial charge < -0.3 is 8.92 Å². The highest BCUT2D eigenvalue weighted by molar-refractivity contribution is 7.94. The second-order valence-corrected chi connectivity index (χ2v) is 5.58. The number of hydrogen-bond acceptors (Lipinski definition) is 7. The molecule has 0 radical (unpaired) electrons. The fourth-order valence-electron chi connectivity index (χ4n) is 1.75. The number of non-ortho nitro benzene ring substituents is 1. The lowest BCUT2D eigenvalue weighted by molar-refractivity contribution is -0.384. The summed E-state index contributed by atoms with van der Waals surface area (Å²) in [7, 11) is 0. The van der Waals surface area contributed by atoms with Crippen LogP contribution in [0.15, 0.2) is 41.4 Å². The first-order valence-electron chi connectivity index (χ1n) is 6.65. The van der Waals surface area contributed by atoms with Gasteiger partial charge in [0, 0.05) is 35.3 Å². The number of ether oxygens (including phenoxy) is 1. The molecule has 9 heteroatoms. The van der Waals surface area contributed by atoms with Gasteiger partial charge in [-0.2, -0.15) is 0 Å². The third-order valence-corrected chi connectivity index (χ3v) is 3.57. The summed E-state index contributed by atoms with van der Waals surface area (Å²) < 4.78 is 10.5. The third-order valence-electron chi connectivity index (χ3n) is 2.85. The van der Waals surface area contributed by atoms with E-state index in [2.05, 4.69) is 0 Å². The van der Waals surface area contributed by atoms with Crippen molar-refractivity contribution in [2.24, 2.45) is 0 Å². The molecule has 0 saturated carbocycles. The molecule has 1 aromatic carbocycles. The zero-order chi connectivity index (χ0) is 16.8. The Kier molecular flexibility index (Phi) is 5.72. The maximum absolute atomic E-state index is 11.5. The number of nitrogens with zero attached hydrogens (tertiary/aromatic N) is 2. The summed E-state index contributed by atoms with van der Waals surface area (Å²) >= 11 is 1.04. The molecule has 0 N–H and O–H groups in total. The van der Waals surface area contributed by atoms with Crippen LogP contribution in [0.2, 0.25) is 0 Å². The van der Waals surface area contributed by atoms with Crippen LogP contribution in [0.5, 0.6) is 0 Å². The second-order valence-electron chi connectivity index (χ2n) is 4.70. The van der Waals surface area contributed by atoms with Crippen LogP contribution in [0.3, 0.4) is 0 Å². The first-order chi connectivity index (χ1) is 11.0. The van der Waals surface area contributed by atoms with Gasteiger partial charge in [0.05, 0.1) is 11.5 Å². The van der Waals surface area contributed by atoms with Crippen LogP contribution in [0.25, 0.3) is 0 Å². The highest BCUT2D eigenvalue weighted by Gasteiger charge is 2.30. The molecule has 2 rings (SSSR count). The normalized spacial score (nSPS) is 17.5. The SMILES string of the molecule is CC(=O)C=CN1CC(COSc2ccc([N+](=O)[O-])cc2)OC1=O. The first-order valence-corrected chi connectivity index (χ1v) is 7.40. The van der Waals surface area contributed by atoms with Gasteiger partial charge in [-0.05, 0) is 25.1 Å². The first kappa shape index (κ1) is 17.0. The lowest BCUT2D eigenvalue weighted by atomic mass is 10.3. The van der Waals surface area contributed by atoms with E-state index in [1.807, 2.05) is 0 Å². The van der Waals surface area contributed by atoms with Crippen LogP contribution >= 0.6 is 12.0 Å². The van der Waals surface area contributed by atoms with E-state index in [1.54, 1.807) is 12.1 Å². The van der Waals surface area contributed by atoms with Gasteiger partial charge in [0.2, 0.25) is 0 Å². The molecule has 1 aliphatic rings. The smallest absolute Gasteiger partial charge is 0.414 e. The Bertz CT molecular complexity index is 631. The summed E-state index contributed by atoms with van der Waals surface area (Å²) in [6.07, 6.45) is 1.70. The number of rotatable bonds is 7. The van der Waals surface area contributed by atoms with Crippen LogP contribution in [0.4, 0.5) is 10.5 Å². The summed E-state index contributed by atoms with van der Waals surface area (Å²) in [6.45, 7) is 1.85. The third kappa shape index (κ3) is 5.08. The maximum atomic E-state index is 11.5. The van der Waals surface area contributed by atoms with Crippen LogP contribution in [-0.4, -0.2) is 41.0 Å². The van der Waals surface area contributed by atoms with E-state index in [0.29, 0.717) is 11.4 Å². The van der Waals surface area contributed by atoms with E-state index in [1.165, 1.54) is 36.2 Å². The molecule has 1 unspecified atom stereocenters. The predicted molar refractivity (Wildman–Crippen MR) is 81.7 cm³/mol. The molecule has 1 amide bonds. The average Bonchev–Trinajstić information content (AvgIpc) is 2.86. The van der Waals surface area contributed by atoms with E-state index in [0.717, 1.165) is 12.0 Å². The number of nitro benzene ring substituents is 1. The molecule has 1 atom stereocenters. The molecule has 1 aromatic rings. The molecule has 1 fully saturated rings. The van der Waals surface area contributed by atoms with Gasteiger partial charge in [0.1, 0.15) is 12.7 Å². The van der Waals surface area contributed by atoms with Crippen molar-refractivity contribution in [3.63, 3.8) is 0 Å². The average molecular weight is 338 g/mol. The summed E-state index contributed by atoms with van der Waals surface area (Å²) in [6, 6.07) is 5.92. The summed E-state index contributed by atoms with van der Waals surface area (Å²) in [5.74, 6) is -0.161. The van der Waals surface area contributed by atoms with Gasteiger partial charge in [0.25, 0.3) is 5.69 Å². The summed E-state index contributed by atoms with van der Waals surface area (Å²) in [5, 5.41) is 10.5. The van der Waals surface area contributed by atoms with Crippen molar-refractivity contribution in [2.75, 3.05) is 13.2 Å². The molecule has 0 aliphatic carbocycles. The molecule has 1 saturated heterocycles. The van der Waals surface area contributed by atoms with E-state index in [4.69, 9.17) is 8.92 Å². The number of hydrogen-bond donors (Lipinski definition) is 0. The molecule has 1 heterocycles. The minimum atomic E-state index is -0.531. The fraction of sp³-hybridized carbons (Fsp3) is 0.286. The molecule has 0 aromatic heterocycles. The number of allylic oxidation sites excluding steroid dienone is 1. The van der Waals surface area contributed by atoms with Gasteiger partial charge >= 0.3 is 6.09 Å². The Morgan fingerprint density at radius 2 is 2.22 bits per heavy atom. The van der Waals surface area contributed by atoms with Crippen LogP contribution in [-0.2, 0) is 13.7 Å². The lowest BCUT2D eigenvalue weighted by Gasteiger charge is -2.08. The number of nitro groups is 1. The molecular weight excluding hydrogens is 324 g/mol. The Hall–Kier alpha value is -2.39. The molecule has 23 heavy (non-hydrogen) atoms. The number of benzene rings is 1. The number of ketones is 1. The van der Waals surface area contributed by atoms with Crippen molar-refractivity contribution < 1.29 is 23.4 Å². The van der Waals surface area contributed by atoms with Gasteiger partial charge in [-0.25, -0.2) is 4.79 Å². The van der Waals surface area contributed by atoms with Crippen molar-refractivity contribution in [2.45, 2.75) is 17.9 Å². The number of carbonyl (C=O) groups excluding carboxylic acids is 2. The van der Waals surface area contributed by atoms with Crippen molar-refractivity contribution in [1.29, 1.82) is 0 Å². The van der Waals surface area contributed by atoms with E-state index in [9.17, 15) is 19.7 Å². The van der Waals surface area contributed by atoms with Crippen molar-refractivity contribution in [3.05, 3.63) is 46.7 Å². The molecule has 122 valence electrons. The fourth-order valence-corrected chi connectivity index (χ4v) is 2.35. The van der Waals surface area contributed by atoms with Crippen molar-refractivity contribution >= 4 is 29.6 Å². The number of carbonyl (C=O) groups is 2. The van der Waals surface area contributed by atoms with Crippen molar-refractivity contribution in [3.8, 4) is 0 Å². The summed E-state index contributed by atoms with van der Waals surface area (Å²) in [4.78, 5) is 34.5. The second kappa shape index (κ2) is 7.75. The van der Waals surface area contributed by atoms with Gasteiger partial charge in [0.15, 0.2) is 5.78 Å². The quantitative estimate of drug-likeness (QED) is 0.326. The molecule has 0 spiro atoms. The monoisotopic (exact) mass is 338 g/mol. The summed E-state index contributed by atoms with van der Waals surface area (Å²) in [5.41, 5.74) is 0.00646. The number of cyclic esters (lactones) is 1. The standard InChI is InChI=1S/C14H14N2O6S/c1-10(17)6-7-15-8-12(22-14(15)18)9-21-23-13-4-2-11(3-5-13)16(19)20/h2-7,12H,8-9H2,1H3. The van der Waals surface area contributed by atoms with E-state index >= 15 is 0 Å². The maximum Gasteiger partial charge on any atom is 0.414 e.